The number of hydrogen-bond acceptors (Lipinski definition) is 1. The average molecular weight is 200 g/mol. The molecule has 1 nitrogen and oxygen atoms in total. The van der Waals surface area contributed by atoms with Crippen molar-refractivity contribution in [3.05, 3.63) is 29.3 Å². The van der Waals surface area contributed by atoms with Crippen LogP contribution in [0.3, 0.4) is 0 Å². The van der Waals surface area contributed by atoms with Crippen LogP contribution in [0.1, 0.15) is 5.56 Å². The molecule has 0 aliphatic rings. The average Bonchev–Trinajstić information content (AvgIpc) is 1.94. The van der Waals surface area contributed by atoms with Crippen LogP contribution in [0.4, 0.5) is 26.3 Å². The summed E-state index contributed by atoms with van der Waals surface area (Å²) in [6.45, 7) is 0. The quantitative estimate of drug-likeness (QED) is 0.462. The summed E-state index contributed by atoms with van der Waals surface area (Å²) in [5.41, 5.74) is -2.05. The second kappa shape index (κ2) is 2.90. The number of alkyl halides is 3. The molecule has 0 unspecified atom stereocenters. The molecule has 1 radical (unpaired) electrons. The van der Waals surface area contributed by atoms with E-state index in [0.717, 1.165) is 6.07 Å². The maximum atomic E-state index is 12.3. The standard InChI is InChI=1S/C6F6N/c7-3-1-2(6(10,11)12)4(8)13-5(3)9. The molecular weight excluding hydrogens is 200 g/mol. The van der Waals surface area contributed by atoms with Crippen molar-refractivity contribution < 1.29 is 26.3 Å². The highest BCUT2D eigenvalue weighted by atomic mass is 19.4. The summed E-state index contributed by atoms with van der Waals surface area (Å²) in [4.78, 5) is 2.08. The Morgan fingerprint density at radius 3 is 2.00 bits per heavy atom. The Labute approximate surface area is 68.0 Å². The number of pyridine rings is 1. The summed E-state index contributed by atoms with van der Waals surface area (Å²) in [7, 11) is 0. The highest BCUT2D eigenvalue weighted by Crippen LogP contribution is 2.30. The van der Waals surface area contributed by atoms with Gasteiger partial charge in [-0.05, 0) is 0 Å². The lowest BCUT2D eigenvalue weighted by atomic mass is 10.2. The minimum absolute atomic E-state index is 0.880. The van der Waals surface area contributed by atoms with Crippen LogP contribution in [0.5, 0.6) is 0 Å². The molecule has 7 heteroatoms. The largest absolute Gasteiger partial charge is 0.421 e. The fraction of sp³-hybridized carbons (Fsp3) is 0.167. The zero-order chi connectivity index (χ0) is 10.2. The fourth-order valence-corrected chi connectivity index (χ4v) is 0.592. The van der Waals surface area contributed by atoms with Crippen molar-refractivity contribution in [2.45, 2.75) is 6.18 Å². The molecule has 0 N–H and O–H groups in total. The van der Waals surface area contributed by atoms with Gasteiger partial charge >= 0.3 is 6.18 Å². The maximum absolute atomic E-state index is 12.3. The van der Waals surface area contributed by atoms with Gasteiger partial charge < -0.3 is 0 Å². The third-order valence-electron chi connectivity index (χ3n) is 1.10. The molecule has 0 saturated heterocycles. The van der Waals surface area contributed by atoms with E-state index < -0.39 is 29.5 Å². The molecule has 0 bridgehead atoms. The van der Waals surface area contributed by atoms with Gasteiger partial charge in [-0.15, -0.1) is 0 Å². The van der Waals surface area contributed by atoms with Gasteiger partial charge in [0.05, 0.1) is 0 Å². The summed E-state index contributed by atoms with van der Waals surface area (Å²) in [5, 5.41) is 0. The Kier molecular flexibility index (Phi) is 2.19. The zero-order valence-electron chi connectivity index (χ0n) is 5.72. The van der Waals surface area contributed by atoms with Gasteiger partial charge in [0.2, 0.25) is 5.95 Å². The van der Waals surface area contributed by atoms with E-state index >= 15 is 0 Å². The molecule has 71 valence electrons. The predicted molar refractivity (Wildman–Crippen MR) is 27.9 cm³/mol. The Balaban J connectivity index is 3.32. The van der Waals surface area contributed by atoms with Gasteiger partial charge in [-0.25, -0.2) is 4.39 Å². The molecule has 0 fully saturated rings. The first-order valence-electron chi connectivity index (χ1n) is 2.83. The van der Waals surface area contributed by atoms with Crippen LogP contribution >= 0.6 is 0 Å². The summed E-state index contributed by atoms with van der Waals surface area (Å²) >= 11 is 0. The molecule has 0 aliphatic carbocycles. The monoisotopic (exact) mass is 200 g/mol. The van der Waals surface area contributed by atoms with Gasteiger partial charge in [-0.3, -0.25) is 0 Å². The lowest BCUT2D eigenvalue weighted by molar-refractivity contribution is -0.141. The number of nitrogens with zero attached hydrogens (tertiary/aromatic N) is 1. The second-order valence-corrected chi connectivity index (χ2v) is 2.01. The van der Waals surface area contributed by atoms with Crippen LogP contribution in [-0.4, -0.2) is 4.98 Å². The SMILES string of the molecule is Fc1[c]c(C(F)(F)F)c(F)nc1F. The molecule has 1 rings (SSSR count). The van der Waals surface area contributed by atoms with E-state index in [1.165, 1.54) is 0 Å². The molecule has 1 aromatic heterocycles. The van der Waals surface area contributed by atoms with Crippen molar-refractivity contribution in [3.8, 4) is 0 Å². The van der Waals surface area contributed by atoms with Crippen LogP contribution < -0.4 is 0 Å². The Morgan fingerprint density at radius 2 is 1.54 bits per heavy atom. The molecule has 13 heavy (non-hydrogen) atoms. The summed E-state index contributed by atoms with van der Waals surface area (Å²) in [5.74, 6) is -6.05. The lowest BCUT2D eigenvalue weighted by Gasteiger charge is -2.05. The minimum Gasteiger partial charge on any atom is -0.201 e. The van der Waals surface area contributed by atoms with Gasteiger partial charge in [-0.1, -0.05) is 0 Å². The summed E-state index contributed by atoms with van der Waals surface area (Å²) < 4.78 is 71.7. The van der Waals surface area contributed by atoms with Crippen LogP contribution in [0, 0.1) is 23.8 Å². The van der Waals surface area contributed by atoms with Crippen molar-refractivity contribution in [2.24, 2.45) is 0 Å². The Bertz CT molecular complexity index is 331. The number of halogens is 6. The molecule has 0 amide bonds. The highest BCUT2D eigenvalue weighted by molar-refractivity contribution is 5.14. The third-order valence-corrected chi connectivity index (χ3v) is 1.10. The first-order chi connectivity index (χ1) is 5.82. The van der Waals surface area contributed by atoms with E-state index in [-0.39, 0.29) is 0 Å². The molecule has 0 atom stereocenters. The van der Waals surface area contributed by atoms with E-state index in [0.29, 0.717) is 0 Å². The van der Waals surface area contributed by atoms with E-state index in [1.54, 1.807) is 0 Å². The van der Waals surface area contributed by atoms with Crippen molar-refractivity contribution >= 4 is 0 Å². The van der Waals surface area contributed by atoms with Crippen molar-refractivity contribution in [1.82, 2.24) is 4.98 Å². The number of rotatable bonds is 0. The van der Waals surface area contributed by atoms with Gasteiger partial charge in [0.25, 0.3) is 5.95 Å². The third kappa shape index (κ3) is 1.90. The topological polar surface area (TPSA) is 12.9 Å². The van der Waals surface area contributed by atoms with Gasteiger partial charge in [0.15, 0.2) is 5.82 Å². The Morgan fingerprint density at radius 1 is 1.00 bits per heavy atom. The zero-order valence-corrected chi connectivity index (χ0v) is 5.72. The van der Waals surface area contributed by atoms with Crippen molar-refractivity contribution in [3.63, 3.8) is 0 Å². The second-order valence-electron chi connectivity index (χ2n) is 2.01. The Hall–Kier alpha value is -1.27. The summed E-state index contributed by atoms with van der Waals surface area (Å²) in [6, 6.07) is 0.880. The van der Waals surface area contributed by atoms with E-state index in [1.807, 2.05) is 0 Å². The maximum Gasteiger partial charge on any atom is 0.421 e. The molecule has 0 spiro atoms. The first kappa shape index (κ1) is 9.82. The normalized spacial score (nSPS) is 11.8. The molecule has 0 aliphatic heterocycles. The van der Waals surface area contributed by atoms with Gasteiger partial charge in [0, 0.05) is 6.07 Å². The smallest absolute Gasteiger partial charge is 0.201 e. The molecule has 1 aromatic rings. The van der Waals surface area contributed by atoms with Crippen molar-refractivity contribution in [2.75, 3.05) is 0 Å². The van der Waals surface area contributed by atoms with Crippen LogP contribution in [0.2, 0.25) is 0 Å². The van der Waals surface area contributed by atoms with Gasteiger partial charge in [-0.2, -0.15) is 26.9 Å². The van der Waals surface area contributed by atoms with Crippen molar-refractivity contribution in [1.29, 1.82) is 0 Å². The molecule has 1 heterocycles. The van der Waals surface area contributed by atoms with E-state index in [2.05, 4.69) is 4.98 Å². The predicted octanol–water partition coefficient (Wildman–Crippen LogP) is 2.32. The van der Waals surface area contributed by atoms with Gasteiger partial charge in [0.1, 0.15) is 5.56 Å². The highest BCUT2D eigenvalue weighted by Gasteiger charge is 2.36. The molecule has 0 aromatic carbocycles. The van der Waals surface area contributed by atoms with Crippen LogP contribution in [-0.2, 0) is 6.18 Å². The fourth-order valence-electron chi connectivity index (χ4n) is 0.592. The van der Waals surface area contributed by atoms with E-state index in [9.17, 15) is 26.3 Å². The van der Waals surface area contributed by atoms with Crippen LogP contribution in [0.15, 0.2) is 0 Å². The molecular formula is C6F6N. The number of hydrogen-bond donors (Lipinski definition) is 0. The van der Waals surface area contributed by atoms with Crippen LogP contribution in [0.25, 0.3) is 0 Å². The lowest BCUT2D eigenvalue weighted by Crippen LogP contribution is -2.12. The molecule has 0 saturated carbocycles. The van der Waals surface area contributed by atoms with E-state index in [4.69, 9.17) is 0 Å². The first-order valence-corrected chi connectivity index (χ1v) is 2.83. The minimum atomic E-state index is -5.13. The summed E-state index contributed by atoms with van der Waals surface area (Å²) in [6.07, 6.45) is -5.13. The number of aromatic nitrogens is 1.